The number of ether oxygens (including phenoxy) is 2. The molecule has 1 aliphatic carbocycles. The summed E-state index contributed by atoms with van der Waals surface area (Å²) in [6, 6.07) is 15.1. The highest BCUT2D eigenvalue weighted by atomic mass is 16.5. The zero-order valence-electron chi connectivity index (χ0n) is 16.5. The van der Waals surface area contributed by atoms with Gasteiger partial charge in [0.25, 0.3) is 0 Å². The molecule has 0 aliphatic heterocycles. The summed E-state index contributed by atoms with van der Waals surface area (Å²) >= 11 is 0. The van der Waals surface area contributed by atoms with Crippen LogP contribution in [0.15, 0.2) is 42.5 Å². The molecule has 146 valence electrons. The maximum absolute atomic E-state index is 13.4. The third kappa shape index (κ3) is 3.96. The van der Waals surface area contributed by atoms with E-state index in [1.807, 2.05) is 31.2 Å². The molecule has 0 saturated heterocycles. The lowest BCUT2D eigenvalue weighted by atomic mass is 9.68. The van der Waals surface area contributed by atoms with Gasteiger partial charge in [-0.25, -0.2) is 0 Å². The molecule has 0 bridgehead atoms. The van der Waals surface area contributed by atoms with Crippen LogP contribution in [-0.4, -0.2) is 19.6 Å². The first-order valence-electron chi connectivity index (χ1n) is 9.76. The van der Waals surface area contributed by atoms with Crippen LogP contribution in [-0.2, 0) is 10.2 Å². The van der Waals surface area contributed by atoms with Crippen molar-refractivity contribution in [2.45, 2.75) is 44.4 Å². The number of amides is 1. The SMILES string of the molecule is CCOc1ccc(NC(=O)C2(c3ccc(OC)cc3)CCCCC2)c(C#N)c1. The molecule has 1 saturated carbocycles. The van der Waals surface area contributed by atoms with Gasteiger partial charge >= 0.3 is 0 Å². The Hall–Kier alpha value is -3.00. The second-order valence-electron chi connectivity index (χ2n) is 7.08. The Morgan fingerprint density at radius 3 is 2.39 bits per heavy atom. The number of methoxy groups -OCH3 is 1. The van der Waals surface area contributed by atoms with E-state index in [4.69, 9.17) is 9.47 Å². The molecule has 1 amide bonds. The number of nitrogens with zero attached hydrogens (tertiary/aromatic N) is 1. The second kappa shape index (κ2) is 8.79. The number of hydrogen-bond donors (Lipinski definition) is 1. The fraction of sp³-hybridized carbons (Fsp3) is 0.391. The minimum absolute atomic E-state index is 0.0574. The third-order valence-corrected chi connectivity index (χ3v) is 5.46. The van der Waals surface area contributed by atoms with E-state index < -0.39 is 5.41 Å². The van der Waals surface area contributed by atoms with E-state index in [-0.39, 0.29) is 5.91 Å². The summed E-state index contributed by atoms with van der Waals surface area (Å²) in [6.45, 7) is 2.42. The topological polar surface area (TPSA) is 71.3 Å². The van der Waals surface area contributed by atoms with Gasteiger partial charge in [-0.05, 0) is 55.7 Å². The van der Waals surface area contributed by atoms with Crippen LogP contribution in [0.25, 0.3) is 0 Å². The molecule has 0 aromatic heterocycles. The van der Waals surface area contributed by atoms with E-state index in [1.165, 1.54) is 0 Å². The van der Waals surface area contributed by atoms with E-state index in [0.717, 1.165) is 43.4 Å². The molecule has 3 rings (SSSR count). The molecule has 5 nitrogen and oxygen atoms in total. The Kier molecular flexibility index (Phi) is 6.20. The maximum atomic E-state index is 13.4. The number of carbonyl (C=O) groups excluding carboxylic acids is 1. The summed E-state index contributed by atoms with van der Waals surface area (Å²) in [5, 5.41) is 12.5. The Bertz CT molecular complexity index is 862. The molecule has 0 atom stereocenters. The van der Waals surface area contributed by atoms with E-state index in [9.17, 15) is 10.1 Å². The van der Waals surface area contributed by atoms with Crippen LogP contribution in [0.5, 0.6) is 11.5 Å². The van der Waals surface area contributed by atoms with Crippen molar-refractivity contribution in [2.75, 3.05) is 19.0 Å². The monoisotopic (exact) mass is 378 g/mol. The second-order valence-corrected chi connectivity index (χ2v) is 7.08. The summed E-state index contributed by atoms with van der Waals surface area (Å²) in [4.78, 5) is 13.4. The third-order valence-electron chi connectivity index (χ3n) is 5.46. The van der Waals surface area contributed by atoms with Gasteiger partial charge in [-0.3, -0.25) is 4.79 Å². The molecular weight excluding hydrogens is 352 g/mol. The van der Waals surface area contributed by atoms with Crippen LogP contribution in [0, 0.1) is 11.3 Å². The Morgan fingerprint density at radius 2 is 1.79 bits per heavy atom. The van der Waals surface area contributed by atoms with Crippen molar-refractivity contribution >= 4 is 11.6 Å². The van der Waals surface area contributed by atoms with Crippen LogP contribution in [0.4, 0.5) is 5.69 Å². The minimum Gasteiger partial charge on any atom is -0.497 e. The van der Waals surface area contributed by atoms with Crippen molar-refractivity contribution in [2.24, 2.45) is 0 Å². The van der Waals surface area contributed by atoms with Crippen molar-refractivity contribution in [1.29, 1.82) is 5.26 Å². The van der Waals surface area contributed by atoms with Crippen molar-refractivity contribution in [3.63, 3.8) is 0 Å². The number of rotatable bonds is 6. The highest BCUT2D eigenvalue weighted by Crippen LogP contribution is 2.41. The molecule has 0 radical (unpaired) electrons. The lowest BCUT2D eigenvalue weighted by Gasteiger charge is -2.36. The lowest BCUT2D eigenvalue weighted by Crippen LogP contribution is -2.42. The van der Waals surface area contributed by atoms with E-state index in [0.29, 0.717) is 23.6 Å². The normalized spacial score (nSPS) is 15.3. The summed E-state index contributed by atoms with van der Waals surface area (Å²) in [5.41, 5.74) is 1.33. The average molecular weight is 378 g/mol. The average Bonchev–Trinajstić information content (AvgIpc) is 2.75. The van der Waals surface area contributed by atoms with E-state index in [1.54, 1.807) is 25.3 Å². The number of nitriles is 1. The van der Waals surface area contributed by atoms with Gasteiger partial charge in [-0.1, -0.05) is 31.4 Å². The number of anilines is 1. The number of hydrogen-bond acceptors (Lipinski definition) is 4. The summed E-state index contributed by atoms with van der Waals surface area (Å²) < 4.78 is 10.7. The zero-order chi connectivity index (χ0) is 20.0. The first kappa shape index (κ1) is 19.8. The predicted octanol–water partition coefficient (Wildman–Crippen LogP) is 4.81. The summed E-state index contributed by atoms with van der Waals surface area (Å²) in [6.07, 6.45) is 4.74. The highest BCUT2D eigenvalue weighted by Gasteiger charge is 2.41. The van der Waals surface area contributed by atoms with Gasteiger partial charge in [0.1, 0.15) is 17.6 Å². The summed E-state index contributed by atoms with van der Waals surface area (Å²) in [5.74, 6) is 1.34. The van der Waals surface area contributed by atoms with E-state index >= 15 is 0 Å². The van der Waals surface area contributed by atoms with Crippen molar-refractivity contribution < 1.29 is 14.3 Å². The van der Waals surface area contributed by atoms with Gasteiger partial charge in [-0.2, -0.15) is 5.26 Å². The van der Waals surface area contributed by atoms with Gasteiger partial charge in [0.05, 0.1) is 30.4 Å². The van der Waals surface area contributed by atoms with Gasteiger partial charge in [0.15, 0.2) is 0 Å². The van der Waals surface area contributed by atoms with Crippen LogP contribution >= 0.6 is 0 Å². The van der Waals surface area contributed by atoms with Gasteiger partial charge < -0.3 is 14.8 Å². The molecule has 28 heavy (non-hydrogen) atoms. The molecular formula is C23H26N2O3. The first-order chi connectivity index (χ1) is 13.6. The van der Waals surface area contributed by atoms with Crippen molar-refractivity contribution in [1.82, 2.24) is 0 Å². The van der Waals surface area contributed by atoms with Crippen LogP contribution in [0.3, 0.4) is 0 Å². The largest absolute Gasteiger partial charge is 0.497 e. The fourth-order valence-electron chi connectivity index (χ4n) is 3.94. The number of benzene rings is 2. The van der Waals surface area contributed by atoms with Gasteiger partial charge in [0, 0.05) is 0 Å². The summed E-state index contributed by atoms with van der Waals surface area (Å²) in [7, 11) is 1.63. The fourth-order valence-corrected chi connectivity index (χ4v) is 3.94. The van der Waals surface area contributed by atoms with Crippen molar-refractivity contribution in [3.8, 4) is 17.6 Å². The Balaban J connectivity index is 1.91. The lowest BCUT2D eigenvalue weighted by molar-refractivity contribution is -0.122. The molecule has 2 aromatic rings. The molecule has 0 heterocycles. The number of nitrogens with one attached hydrogen (secondary N) is 1. The van der Waals surface area contributed by atoms with Crippen LogP contribution < -0.4 is 14.8 Å². The van der Waals surface area contributed by atoms with E-state index in [2.05, 4.69) is 11.4 Å². The van der Waals surface area contributed by atoms with Gasteiger partial charge in [0.2, 0.25) is 5.91 Å². The first-order valence-corrected chi connectivity index (χ1v) is 9.76. The molecule has 1 aliphatic rings. The Morgan fingerprint density at radius 1 is 1.11 bits per heavy atom. The minimum atomic E-state index is -0.587. The number of carbonyl (C=O) groups is 1. The quantitative estimate of drug-likeness (QED) is 0.783. The molecule has 1 fully saturated rings. The predicted molar refractivity (Wildman–Crippen MR) is 109 cm³/mol. The Labute approximate surface area is 166 Å². The smallest absolute Gasteiger partial charge is 0.235 e. The zero-order valence-corrected chi connectivity index (χ0v) is 16.5. The maximum Gasteiger partial charge on any atom is 0.235 e. The highest BCUT2D eigenvalue weighted by molar-refractivity contribution is 6.00. The molecule has 1 N–H and O–H groups in total. The van der Waals surface area contributed by atoms with Gasteiger partial charge in [-0.15, -0.1) is 0 Å². The van der Waals surface area contributed by atoms with Crippen molar-refractivity contribution in [3.05, 3.63) is 53.6 Å². The molecule has 0 spiro atoms. The molecule has 0 unspecified atom stereocenters. The van der Waals surface area contributed by atoms with Crippen LogP contribution in [0.2, 0.25) is 0 Å². The molecule has 2 aromatic carbocycles. The van der Waals surface area contributed by atoms with Crippen LogP contribution in [0.1, 0.15) is 50.2 Å². The standard InChI is InChI=1S/C23H26N2O3/c1-3-28-20-11-12-21(17(15-20)16-24)25-22(26)23(13-5-4-6-14-23)18-7-9-19(27-2)10-8-18/h7-12,15H,3-6,13-14H2,1-2H3,(H,25,26). The molecule has 5 heteroatoms.